The highest BCUT2D eigenvalue weighted by atomic mass is 19.4. The van der Waals surface area contributed by atoms with Crippen LogP contribution in [0.15, 0.2) is 36.4 Å². The second kappa shape index (κ2) is 10.5. The molecule has 2 aromatic carbocycles. The number of hydrogen-bond donors (Lipinski definition) is 1. The van der Waals surface area contributed by atoms with E-state index >= 15 is 0 Å². The van der Waals surface area contributed by atoms with E-state index in [2.05, 4.69) is 5.32 Å². The van der Waals surface area contributed by atoms with Gasteiger partial charge in [0.05, 0.1) is 17.0 Å². The van der Waals surface area contributed by atoms with Crippen molar-refractivity contribution in [2.24, 2.45) is 5.92 Å². The lowest BCUT2D eigenvalue weighted by atomic mass is 9.96. The number of aryl methyl sites for hydroxylation is 1. The van der Waals surface area contributed by atoms with E-state index in [0.717, 1.165) is 13.0 Å². The van der Waals surface area contributed by atoms with Crippen LogP contribution in [0, 0.1) is 18.7 Å². The molecule has 0 spiro atoms. The van der Waals surface area contributed by atoms with Gasteiger partial charge in [-0.2, -0.15) is 13.2 Å². The van der Waals surface area contributed by atoms with Crippen LogP contribution in [0.25, 0.3) is 0 Å². The van der Waals surface area contributed by atoms with E-state index < -0.39 is 35.7 Å². The molecule has 0 aromatic heterocycles. The fourth-order valence-corrected chi connectivity index (χ4v) is 4.86. The summed E-state index contributed by atoms with van der Waals surface area (Å²) in [7, 11) is 0. The van der Waals surface area contributed by atoms with E-state index in [1.54, 1.807) is 13.0 Å². The lowest BCUT2D eigenvalue weighted by molar-refractivity contribution is -0.177. The maximum atomic E-state index is 14.5. The van der Waals surface area contributed by atoms with E-state index in [9.17, 15) is 27.2 Å². The molecule has 2 fully saturated rings. The first kappa shape index (κ1) is 25.3. The Balaban J connectivity index is 1.66. The monoisotopic (exact) mass is 492 g/mol. The van der Waals surface area contributed by atoms with Gasteiger partial charge in [0.1, 0.15) is 17.6 Å². The van der Waals surface area contributed by atoms with Gasteiger partial charge in [0.15, 0.2) is 5.78 Å². The average Bonchev–Trinajstić information content (AvgIpc) is 3.28. The van der Waals surface area contributed by atoms with Crippen LogP contribution in [0.3, 0.4) is 0 Å². The Hall–Kier alpha value is -2.78. The van der Waals surface area contributed by atoms with Gasteiger partial charge in [-0.1, -0.05) is 18.2 Å². The minimum Gasteiger partial charge on any atom is -0.425 e. The van der Waals surface area contributed by atoms with Crippen molar-refractivity contribution in [2.75, 3.05) is 19.6 Å². The molecule has 2 aromatic rings. The van der Waals surface area contributed by atoms with Crippen molar-refractivity contribution in [3.63, 3.8) is 0 Å². The number of likely N-dealkylation sites (tertiary alicyclic amines) is 1. The average molecular weight is 493 g/mol. The molecular weight excluding hydrogens is 464 g/mol. The SMILES string of the molecule is Cc1cccc(F)c1C(=O)c1ccc(CN2CCC[C@@H]2C(F)(F)F)cc1OC(=O)C1CCCNC1. The van der Waals surface area contributed by atoms with Crippen molar-refractivity contribution >= 4 is 11.8 Å². The Kier molecular flexibility index (Phi) is 7.56. The summed E-state index contributed by atoms with van der Waals surface area (Å²) in [6.07, 6.45) is -2.44. The zero-order chi connectivity index (χ0) is 25.2. The number of benzene rings is 2. The number of carbonyl (C=O) groups is 2. The third-order valence-electron chi connectivity index (χ3n) is 6.71. The second-order valence-corrected chi connectivity index (χ2v) is 9.23. The number of ether oxygens (including phenoxy) is 1. The molecule has 2 heterocycles. The number of hydrogen-bond acceptors (Lipinski definition) is 5. The van der Waals surface area contributed by atoms with Gasteiger partial charge in [0.2, 0.25) is 0 Å². The standard InChI is InChI=1S/C26H28F4N2O3/c1-16-5-2-7-20(27)23(16)24(33)19-10-9-17(15-32-12-4-8-22(32)26(28,29)30)13-21(19)35-25(34)18-6-3-11-31-14-18/h2,5,7,9-10,13,18,22,31H,3-4,6,8,11-12,14-15H2,1H3/t18?,22-/m1/s1. The molecule has 9 heteroatoms. The summed E-state index contributed by atoms with van der Waals surface area (Å²) in [6, 6.07) is 7.12. The van der Waals surface area contributed by atoms with Gasteiger partial charge in [-0.3, -0.25) is 14.5 Å². The van der Waals surface area contributed by atoms with Gasteiger partial charge in [0, 0.05) is 13.1 Å². The number of carbonyl (C=O) groups excluding carboxylic acids is 2. The van der Waals surface area contributed by atoms with Crippen molar-refractivity contribution in [1.82, 2.24) is 10.2 Å². The molecule has 1 unspecified atom stereocenters. The van der Waals surface area contributed by atoms with Crippen molar-refractivity contribution in [2.45, 2.75) is 51.4 Å². The van der Waals surface area contributed by atoms with E-state index in [1.165, 1.54) is 35.2 Å². The van der Waals surface area contributed by atoms with Gasteiger partial charge in [-0.25, -0.2) is 4.39 Å². The fraction of sp³-hybridized carbons (Fsp3) is 0.462. The van der Waals surface area contributed by atoms with E-state index in [4.69, 9.17) is 4.74 Å². The summed E-state index contributed by atoms with van der Waals surface area (Å²) >= 11 is 0. The van der Waals surface area contributed by atoms with Gasteiger partial charge >= 0.3 is 12.1 Å². The van der Waals surface area contributed by atoms with Crippen molar-refractivity contribution < 1.29 is 31.9 Å². The van der Waals surface area contributed by atoms with Crippen molar-refractivity contribution in [3.05, 3.63) is 64.5 Å². The minimum atomic E-state index is -4.34. The molecule has 2 aliphatic heterocycles. The quantitative estimate of drug-likeness (QED) is 0.272. The molecule has 0 aliphatic carbocycles. The highest BCUT2D eigenvalue weighted by Crippen LogP contribution is 2.34. The third-order valence-corrected chi connectivity index (χ3v) is 6.71. The van der Waals surface area contributed by atoms with Gasteiger partial charge < -0.3 is 10.1 Å². The number of halogens is 4. The molecule has 1 N–H and O–H groups in total. The molecule has 2 aliphatic rings. The van der Waals surface area contributed by atoms with Crippen LogP contribution in [-0.2, 0) is 11.3 Å². The number of piperidine rings is 1. The Morgan fingerprint density at radius 2 is 1.94 bits per heavy atom. The predicted octanol–water partition coefficient (Wildman–Crippen LogP) is 4.80. The van der Waals surface area contributed by atoms with Crippen LogP contribution in [0.4, 0.5) is 17.6 Å². The van der Waals surface area contributed by atoms with Gasteiger partial charge in [-0.05, 0) is 75.0 Å². The van der Waals surface area contributed by atoms with Crippen molar-refractivity contribution in [3.8, 4) is 5.75 Å². The van der Waals surface area contributed by atoms with E-state index in [0.29, 0.717) is 37.1 Å². The summed E-state index contributed by atoms with van der Waals surface area (Å²) in [4.78, 5) is 27.5. The lowest BCUT2D eigenvalue weighted by Gasteiger charge is -2.27. The Morgan fingerprint density at radius 3 is 2.63 bits per heavy atom. The molecular formula is C26H28F4N2O3. The normalized spacial score (nSPS) is 21.2. The molecule has 0 bridgehead atoms. The Morgan fingerprint density at radius 1 is 1.14 bits per heavy atom. The molecule has 5 nitrogen and oxygen atoms in total. The maximum absolute atomic E-state index is 14.5. The first-order valence-corrected chi connectivity index (χ1v) is 11.8. The molecule has 2 atom stereocenters. The topological polar surface area (TPSA) is 58.6 Å². The van der Waals surface area contributed by atoms with Crippen LogP contribution in [0.5, 0.6) is 5.75 Å². The number of alkyl halides is 3. The van der Waals surface area contributed by atoms with Crippen LogP contribution in [-0.4, -0.2) is 48.5 Å². The van der Waals surface area contributed by atoms with Crippen LogP contribution in [0.2, 0.25) is 0 Å². The molecule has 2 saturated heterocycles. The van der Waals surface area contributed by atoms with Crippen LogP contribution < -0.4 is 10.1 Å². The lowest BCUT2D eigenvalue weighted by Crippen LogP contribution is -2.40. The molecule has 4 rings (SSSR count). The largest absolute Gasteiger partial charge is 0.425 e. The number of rotatable bonds is 6. The highest BCUT2D eigenvalue weighted by Gasteiger charge is 2.45. The van der Waals surface area contributed by atoms with E-state index in [-0.39, 0.29) is 29.8 Å². The van der Waals surface area contributed by atoms with Gasteiger partial charge in [0.25, 0.3) is 0 Å². The zero-order valence-electron chi connectivity index (χ0n) is 19.5. The predicted molar refractivity (Wildman–Crippen MR) is 122 cm³/mol. The second-order valence-electron chi connectivity index (χ2n) is 9.23. The van der Waals surface area contributed by atoms with Crippen LogP contribution in [0.1, 0.15) is 52.7 Å². The third kappa shape index (κ3) is 5.73. The molecule has 0 amide bonds. The fourth-order valence-electron chi connectivity index (χ4n) is 4.86. The smallest absolute Gasteiger partial charge is 0.404 e. The summed E-state index contributed by atoms with van der Waals surface area (Å²) < 4.78 is 60.4. The minimum absolute atomic E-state index is 0.00661. The molecule has 35 heavy (non-hydrogen) atoms. The van der Waals surface area contributed by atoms with E-state index in [1.807, 2.05) is 0 Å². The number of ketones is 1. The first-order chi connectivity index (χ1) is 16.6. The summed E-state index contributed by atoms with van der Waals surface area (Å²) in [5.74, 6) is -2.33. The Bertz CT molecular complexity index is 1080. The summed E-state index contributed by atoms with van der Waals surface area (Å²) in [5.41, 5.74) is 0.770. The van der Waals surface area contributed by atoms with Gasteiger partial charge in [-0.15, -0.1) is 0 Å². The van der Waals surface area contributed by atoms with Crippen LogP contribution >= 0.6 is 0 Å². The summed E-state index contributed by atoms with van der Waals surface area (Å²) in [6.45, 7) is 3.13. The number of nitrogens with one attached hydrogen (secondary N) is 1. The zero-order valence-corrected chi connectivity index (χ0v) is 19.5. The molecule has 0 saturated carbocycles. The Labute approximate surface area is 201 Å². The molecule has 0 radical (unpaired) electrons. The maximum Gasteiger partial charge on any atom is 0.404 e. The molecule has 188 valence electrons. The van der Waals surface area contributed by atoms with Crippen molar-refractivity contribution in [1.29, 1.82) is 0 Å². The highest BCUT2D eigenvalue weighted by molar-refractivity contribution is 6.12. The number of nitrogens with zero attached hydrogens (tertiary/aromatic N) is 1. The first-order valence-electron chi connectivity index (χ1n) is 11.8. The summed E-state index contributed by atoms with van der Waals surface area (Å²) in [5, 5.41) is 3.13. The number of esters is 1.